The van der Waals surface area contributed by atoms with Gasteiger partial charge in [-0.05, 0) is 20.9 Å². The van der Waals surface area contributed by atoms with Gasteiger partial charge in [0.2, 0.25) is 0 Å². The van der Waals surface area contributed by atoms with Gasteiger partial charge in [-0.3, -0.25) is 9.59 Å². The molecule has 1 heterocycles. The summed E-state index contributed by atoms with van der Waals surface area (Å²) in [5.41, 5.74) is -0.119. The van der Waals surface area contributed by atoms with E-state index in [1.165, 1.54) is 0 Å². The van der Waals surface area contributed by atoms with E-state index in [4.69, 9.17) is 0 Å². The Morgan fingerprint density at radius 3 is 2.45 bits per heavy atom. The van der Waals surface area contributed by atoms with E-state index >= 15 is 0 Å². The maximum atomic E-state index is 12.1. The number of carbonyl (C=O) groups is 1. The van der Waals surface area contributed by atoms with Crippen LogP contribution in [-0.2, 0) is 5.41 Å². The highest BCUT2D eigenvalue weighted by Gasteiger charge is 2.22. The van der Waals surface area contributed by atoms with E-state index in [2.05, 4.69) is 20.6 Å². The summed E-state index contributed by atoms with van der Waals surface area (Å²) < 4.78 is 0. The van der Waals surface area contributed by atoms with Crippen molar-refractivity contribution in [2.45, 2.75) is 46.1 Å². The average molecular weight is 280 g/mol. The molecular formula is C14H24N4O2. The molecule has 0 aliphatic heterocycles. The van der Waals surface area contributed by atoms with Gasteiger partial charge in [-0.15, -0.1) is 0 Å². The van der Waals surface area contributed by atoms with Gasteiger partial charge in [0, 0.05) is 18.0 Å². The summed E-state index contributed by atoms with van der Waals surface area (Å²) in [6, 6.07) is 0.139. The zero-order valence-corrected chi connectivity index (χ0v) is 13.0. The summed E-state index contributed by atoms with van der Waals surface area (Å²) in [7, 11) is 1.81. The molecule has 1 amide bonds. The van der Waals surface area contributed by atoms with Crippen molar-refractivity contribution in [1.29, 1.82) is 0 Å². The van der Waals surface area contributed by atoms with Gasteiger partial charge in [0.25, 0.3) is 11.5 Å². The third-order valence-corrected chi connectivity index (χ3v) is 3.10. The molecule has 0 fully saturated rings. The summed E-state index contributed by atoms with van der Waals surface area (Å²) in [6.07, 6.45) is 0. The summed E-state index contributed by atoms with van der Waals surface area (Å²) in [5.74, 6) is 0.193. The monoisotopic (exact) mass is 280 g/mol. The zero-order valence-electron chi connectivity index (χ0n) is 13.0. The molecule has 1 aromatic heterocycles. The van der Waals surface area contributed by atoms with Crippen LogP contribution in [0.25, 0.3) is 0 Å². The Morgan fingerprint density at radius 1 is 1.40 bits per heavy atom. The molecule has 1 atom stereocenters. The number of likely N-dealkylation sites (N-methyl/N-ethyl adjacent to an activating group) is 1. The first kappa shape index (κ1) is 16.4. The highest BCUT2D eigenvalue weighted by Crippen LogP contribution is 2.17. The number of aryl methyl sites for hydroxylation is 1. The lowest BCUT2D eigenvalue weighted by atomic mass is 9.95. The Morgan fingerprint density at radius 2 is 2.00 bits per heavy atom. The molecule has 1 aromatic rings. The molecule has 0 aliphatic carbocycles. The fourth-order valence-corrected chi connectivity index (χ4v) is 1.64. The number of aromatic amines is 1. The number of nitrogens with one attached hydrogen (secondary N) is 3. The van der Waals surface area contributed by atoms with Crippen LogP contribution in [0.4, 0.5) is 0 Å². The van der Waals surface area contributed by atoms with Crippen LogP contribution in [0.1, 0.15) is 49.6 Å². The molecule has 112 valence electrons. The van der Waals surface area contributed by atoms with Crippen molar-refractivity contribution >= 4 is 5.91 Å². The molecular weight excluding hydrogens is 256 g/mol. The smallest absolute Gasteiger partial charge is 0.264 e. The SMILES string of the molecule is CNC(C)CNC(=O)c1c(C)nc(C(C)(C)C)[nH]c1=O. The minimum Gasteiger partial charge on any atom is -0.350 e. The van der Waals surface area contributed by atoms with Crippen LogP contribution < -0.4 is 16.2 Å². The number of rotatable bonds is 4. The summed E-state index contributed by atoms with van der Waals surface area (Å²) in [6.45, 7) is 9.95. The second-order valence-electron chi connectivity index (χ2n) is 6.02. The lowest BCUT2D eigenvalue weighted by molar-refractivity contribution is 0.0947. The van der Waals surface area contributed by atoms with Crippen LogP contribution in [0, 0.1) is 6.92 Å². The van der Waals surface area contributed by atoms with Crippen molar-refractivity contribution in [2.75, 3.05) is 13.6 Å². The zero-order chi connectivity index (χ0) is 15.5. The van der Waals surface area contributed by atoms with E-state index in [9.17, 15) is 9.59 Å². The fourth-order valence-electron chi connectivity index (χ4n) is 1.64. The Labute approximate surface area is 119 Å². The first-order chi connectivity index (χ1) is 9.16. The molecule has 6 heteroatoms. The van der Waals surface area contributed by atoms with Crippen LogP contribution in [0.2, 0.25) is 0 Å². The first-order valence-electron chi connectivity index (χ1n) is 6.73. The molecule has 1 rings (SSSR count). The summed E-state index contributed by atoms with van der Waals surface area (Å²) in [4.78, 5) is 31.2. The Kier molecular flexibility index (Phi) is 5.05. The molecule has 20 heavy (non-hydrogen) atoms. The Bertz CT molecular complexity index is 543. The molecule has 0 radical (unpaired) electrons. The molecule has 0 saturated heterocycles. The molecule has 0 saturated carbocycles. The Hall–Kier alpha value is -1.69. The van der Waals surface area contributed by atoms with Crippen LogP contribution in [0.3, 0.4) is 0 Å². The number of hydrogen-bond acceptors (Lipinski definition) is 4. The largest absolute Gasteiger partial charge is 0.350 e. The van der Waals surface area contributed by atoms with Crippen molar-refractivity contribution in [3.05, 3.63) is 27.4 Å². The molecule has 0 aromatic carbocycles. The number of H-pyrrole nitrogens is 1. The van der Waals surface area contributed by atoms with Crippen LogP contribution in [-0.4, -0.2) is 35.5 Å². The van der Waals surface area contributed by atoms with Gasteiger partial charge in [0.05, 0.1) is 5.69 Å². The molecule has 6 nitrogen and oxygen atoms in total. The third kappa shape index (κ3) is 3.90. The Balaban J connectivity index is 3.03. The second-order valence-corrected chi connectivity index (χ2v) is 6.02. The maximum absolute atomic E-state index is 12.1. The predicted molar refractivity (Wildman–Crippen MR) is 79.1 cm³/mol. The van der Waals surface area contributed by atoms with Gasteiger partial charge < -0.3 is 15.6 Å². The average Bonchev–Trinajstić information content (AvgIpc) is 2.33. The third-order valence-electron chi connectivity index (χ3n) is 3.10. The van der Waals surface area contributed by atoms with Gasteiger partial charge in [-0.2, -0.15) is 0 Å². The van der Waals surface area contributed by atoms with E-state index in [0.717, 1.165) is 0 Å². The van der Waals surface area contributed by atoms with Crippen molar-refractivity contribution in [3.8, 4) is 0 Å². The summed E-state index contributed by atoms with van der Waals surface area (Å²) in [5, 5.41) is 5.74. The van der Waals surface area contributed by atoms with Crippen molar-refractivity contribution in [1.82, 2.24) is 20.6 Å². The van der Waals surface area contributed by atoms with Gasteiger partial charge in [0.1, 0.15) is 11.4 Å². The number of aromatic nitrogens is 2. The number of nitrogens with zero attached hydrogens (tertiary/aromatic N) is 1. The molecule has 0 spiro atoms. The minimum atomic E-state index is -0.392. The van der Waals surface area contributed by atoms with E-state index in [1.54, 1.807) is 6.92 Å². The fraction of sp³-hybridized carbons (Fsp3) is 0.643. The van der Waals surface area contributed by atoms with E-state index < -0.39 is 5.56 Å². The highest BCUT2D eigenvalue weighted by atomic mass is 16.2. The van der Waals surface area contributed by atoms with E-state index in [-0.39, 0.29) is 22.9 Å². The topological polar surface area (TPSA) is 86.9 Å². The van der Waals surface area contributed by atoms with Crippen LogP contribution >= 0.6 is 0 Å². The maximum Gasteiger partial charge on any atom is 0.264 e. The lowest BCUT2D eigenvalue weighted by Crippen LogP contribution is -2.40. The minimum absolute atomic E-state index is 0.0845. The molecule has 0 aliphatic rings. The van der Waals surface area contributed by atoms with Gasteiger partial charge in [-0.25, -0.2) is 4.98 Å². The molecule has 0 bridgehead atoms. The number of hydrogen-bond donors (Lipinski definition) is 3. The van der Waals surface area contributed by atoms with Crippen molar-refractivity contribution in [2.24, 2.45) is 0 Å². The quantitative estimate of drug-likeness (QED) is 0.758. The van der Waals surface area contributed by atoms with E-state index in [1.807, 2.05) is 34.7 Å². The van der Waals surface area contributed by atoms with Gasteiger partial charge >= 0.3 is 0 Å². The van der Waals surface area contributed by atoms with Crippen LogP contribution in [0.5, 0.6) is 0 Å². The van der Waals surface area contributed by atoms with Crippen LogP contribution in [0.15, 0.2) is 4.79 Å². The predicted octanol–water partition coefficient (Wildman–Crippen LogP) is 0.714. The summed E-state index contributed by atoms with van der Waals surface area (Å²) >= 11 is 0. The second kappa shape index (κ2) is 6.17. The standard InChI is InChI=1S/C14H24N4O2/c1-8(15-6)7-16-11(19)10-9(2)17-13(14(3,4)5)18-12(10)20/h8,15H,7H2,1-6H3,(H,16,19)(H,17,18,20). The number of carbonyl (C=O) groups excluding carboxylic acids is 1. The lowest BCUT2D eigenvalue weighted by Gasteiger charge is -2.18. The highest BCUT2D eigenvalue weighted by molar-refractivity contribution is 5.94. The van der Waals surface area contributed by atoms with Gasteiger partial charge in [-0.1, -0.05) is 20.8 Å². The van der Waals surface area contributed by atoms with E-state index in [0.29, 0.717) is 18.1 Å². The van der Waals surface area contributed by atoms with Crippen molar-refractivity contribution < 1.29 is 4.79 Å². The number of amides is 1. The first-order valence-corrected chi connectivity index (χ1v) is 6.73. The molecule has 1 unspecified atom stereocenters. The molecule has 3 N–H and O–H groups in total. The normalized spacial score (nSPS) is 13.1. The van der Waals surface area contributed by atoms with Crippen molar-refractivity contribution in [3.63, 3.8) is 0 Å². The van der Waals surface area contributed by atoms with Gasteiger partial charge in [0.15, 0.2) is 0 Å².